The highest BCUT2D eigenvalue weighted by molar-refractivity contribution is 5.59. The number of nitrogens with one attached hydrogen (secondary N) is 1. The maximum atomic E-state index is 9.87. The highest BCUT2D eigenvalue weighted by Gasteiger charge is 2.08. The lowest BCUT2D eigenvalue weighted by molar-refractivity contribution is 0.378. The largest absolute Gasteiger partial charge is 0.504 e. The van der Waals surface area contributed by atoms with Crippen molar-refractivity contribution in [2.24, 2.45) is 4.99 Å². The van der Waals surface area contributed by atoms with E-state index in [9.17, 15) is 5.11 Å². The van der Waals surface area contributed by atoms with E-state index in [-0.39, 0.29) is 11.8 Å². The minimum absolute atomic E-state index is 0.100. The second-order valence-electron chi connectivity index (χ2n) is 5.20. The van der Waals surface area contributed by atoms with Crippen molar-refractivity contribution < 1.29 is 14.6 Å². The number of anilines is 1. The zero-order chi connectivity index (χ0) is 18.1. The van der Waals surface area contributed by atoms with E-state index < -0.39 is 0 Å². The first-order valence-corrected chi connectivity index (χ1v) is 7.81. The van der Waals surface area contributed by atoms with Crippen molar-refractivity contribution in [3.05, 3.63) is 47.8 Å². The number of aliphatic hydroxyl groups excluding tert-OH is 1. The highest BCUT2D eigenvalue weighted by atomic mass is 16.5. The summed E-state index contributed by atoms with van der Waals surface area (Å²) in [5.41, 5.74) is 1.55. The van der Waals surface area contributed by atoms with Crippen LogP contribution in [0.3, 0.4) is 0 Å². The molecule has 0 atom stereocenters. The number of aliphatic imine (C=N–C) groups is 1. The van der Waals surface area contributed by atoms with Gasteiger partial charge >= 0.3 is 6.01 Å². The Bertz CT molecular complexity index is 730. The van der Waals surface area contributed by atoms with Crippen molar-refractivity contribution in [2.75, 3.05) is 26.1 Å². The van der Waals surface area contributed by atoms with Gasteiger partial charge in [-0.2, -0.15) is 9.97 Å². The summed E-state index contributed by atoms with van der Waals surface area (Å²) in [4.78, 5) is 11.8. The number of aliphatic hydroxyl groups is 1. The second kappa shape index (κ2) is 9.27. The van der Waals surface area contributed by atoms with Gasteiger partial charge in [0.25, 0.3) is 0 Å². The van der Waals surface area contributed by atoms with Gasteiger partial charge in [-0.3, -0.25) is 4.99 Å². The van der Waals surface area contributed by atoms with E-state index in [1.165, 1.54) is 18.9 Å². The quantitative estimate of drug-likeness (QED) is 0.413. The first-order chi connectivity index (χ1) is 12.2. The van der Waals surface area contributed by atoms with Crippen LogP contribution in [0.25, 0.3) is 5.76 Å². The topological polar surface area (TPSA) is 88.9 Å². The number of hydrogen-bond donors (Lipinski definition) is 2. The third-order valence-electron chi connectivity index (χ3n) is 3.47. The van der Waals surface area contributed by atoms with E-state index in [2.05, 4.69) is 39.1 Å². The lowest BCUT2D eigenvalue weighted by atomic mass is 10.1. The lowest BCUT2D eigenvalue weighted by Gasteiger charge is -2.09. The predicted molar refractivity (Wildman–Crippen MR) is 98.5 cm³/mol. The van der Waals surface area contributed by atoms with Crippen LogP contribution < -0.4 is 14.8 Å². The van der Waals surface area contributed by atoms with Gasteiger partial charge in [-0.1, -0.05) is 12.1 Å². The number of nitrogens with zero attached hydrogens (tertiary/aromatic N) is 3. The van der Waals surface area contributed by atoms with Crippen LogP contribution in [-0.4, -0.2) is 42.6 Å². The zero-order valence-electron chi connectivity index (χ0n) is 14.4. The molecule has 0 saturated carbocycles. The molecule has 2 rings (SSSR count). The first-order valence-electron chi connectivity index (χ1n) is 7.81. The smallest absolute Gasteiger partial charge is 0.318 e. The molecule has 1 aromatic carbocycles. The molecule has 0 aliphatic carbocycles. The van der Waals surface area contributed by atoms with Gasteiger partial charge in [0, 0.05) is 12.6 Å². The van der Waals surface area contributed by atoms with E-state index in [0.717, 1.165) is 25.1 Å². The van der Waals surface area contributed by atoms with Gasteiger partial charge in [0.2, 0.25) is 0 Å². The molecule has 0 spiro atoms. The fraction of sp³-hybridized carbons (Fsp3) is 0.278. The molecule has 1 heterocycles. The van der Waals surface area contributed by atoms with Crippen molar-refractivity contribution in [3.8, 4) is 11.8 Å². The van der Waals surface area contributed by atoms with Crippen LogP contribution in [-0.2, 0) is 6.42 Å². The minimum Gasteiger partial charge on any atom is -0.504 e. The van der Waals surface area contributed by atoms with Crippen molar-refractivity contribution in [2.45, 2.75) is 12.8 Å². The predicted octanol–water partition coefficient (Wildman–Crippen LogP) is 3.10. The Hall–Kier alpha value is -3.09. The molecular weight excluding hydrogens is 320 g/mol. The monoisotopic (exact) mass is 342 g/mol. The van der Waals surface area contributed by atoms with Crippen molar-refractivity contribution in [1.82, 2.24) is 9.97 Å². The summed E-state index contributed by atoms with van der Waals surface area (Å²) in [6.07, 6.45) is 3.07. The van der Waals surface area contributed by atoms with Crippen molar-refractivity contribution in [1.29, 1.82) is 0 Å². The van der Waals surface area contributed by atoms with Crippen LogP contribution in [0.4, 0.5) is 5.82 Å². The molecule has 7 nitrogen and oxygen atoms in total. The zero-order valence-corrected chi connectivity index (χ0v) is 14.4. The fourth-order valence-electron chi connectivity index (χ4n) is 2.19. The number of aryl methyl sites for hydroxylation is 1. The van der Waals surface area contributed by atoms with Crippen molar-refractivity contribution >= 4 is 18.3 Å². The first kappa shape index (κ1) is 18.3. The average molecular weight is 342 g/mol. The SMILES string of the molecule is C=N/C=C(\O)c1cc(NCCCc2ccc(OC)cc2)nc(OC)n1. The van der Waals surface area contributed by atoms with Gasteiger partial charge in [-0.05, 0) is 37.3 Å². The third-order valence-corrected chi connectivity index (χ3v) is 3.47. The van der Waals surface area contributed by atoms with Crippen molar-refractivity contribution in [3.63, 3.8) is 0 Å². The van der Waals surface area contributed by atoms with Crippen LogP contribution in [0.5, 0.6) is 11.8 Å². The number of rotatable bonds is 9. The molecule has 2 aromatic rings. The molecule has 0 amide bonds. The molecule has 1 aromatic heterocycles. The third kappa shape index (κ3) is 5.49. The average Bonchev–Trinajstić information content (AvgIpc) is 2.65. The molecule has 0 saturated heterocycles. The minimum atomic E-state index is -0.100. The Morgan fingerprint density at radius 3 is 2.64 bits per heavy atom. The number of hydrogen-bond acceptors (Lipinski definition) is 7. The summed E-state index contributed by atoms with van der Waals surface area (Å²) in [6, 6.07) is 9.80. The number of ether oxygens (including phenoxy) is 2. The summed E-state index contributed by atoms with van der Waals surface area (Å²) >= 11 is 0. The Kier molecular flexibility index (Phi) is 6.76. The molecule has 0 aliphatic rings. The molecule has 0 unspecified atom stereocenters. The Balaban J connectivity index is 1.94. The number of methoxy groups -OCH3 is 2. The Labute approximate surface area is 147 Å². The van der Waals surface area contributed by atoms with Crippen LogP contribution in [0.15, 0.2) is 41.5 Å². The van der Waals surface area contributed by atoms with Gasteiger partial charge < -0.3 is 19.9 Å². The summed E-state index contributed by atoms with van der Waals surface area (Å²) in [7, 11) is 3.13. The van der Waals surface area contributed by atoms with Crippen LogP contribution in [0, 0.1) is 0 Å². The summed E-state index contributed by atoms with van der Waals surface area (Å²) in [5.74, 6) is 1.32. The van der Waals surface area contributed by atoms with Gasteiger partial charge in [0.15, 0.2) is 5.76 Å². The molecule has 0 bridgehead atoms. The lowest BCUT2D eigenvalue weighted by Crippen LogP contribution is -2.07. The van der Waals surface area contributed by atoms with Crippen LogP contribution in [0.1, 0.15) is 17.7 Å². The summed E-state index contributed by atoms with van der Waals surface area (Å²) in [6.45, 7) is 4.03. The Morgan fingerprint density at radius 1 is 1.24 bits per heavy atom. The molecule has 0 radical (unpaired) electrons. The molecule has 132 valence electrons. The van der Waals surface area contributed by atoms with Crippen LogP contribution >= 0.6 is 0 Å². The molecular formula is C18H22N4O3. The molecule has 25 heavy (non-hydrogen) atoms. The summed E-state index contributed by atoms with van der Waals surface area (Å²) in [5, 5.41) is 13.1. The van der Waals surface area contributed by atoms with Crippen LogP contribution in [0.2, 0.25) is 0 Å². The molecule has 0 aliphatic heterocycles. The number of aromatic nitrogens is 2. The normalized spacial score (nSPS) is 11.0. The van der Waals surface area contributed by atoms with E-state index in [4.69, 9.17) is 9.47 Å². The van der Waals surface area contributed by atoms with E-state index in [1.54, 1.807) is 13.2 Å². The van der Waals surface area contributed by atoms with Gasteiger partial charge in [0.05, 0.1) is 20.4 Å². The number of benzene rings is 1. The second-order valence-corrected chi connectivity index (χ2v) is 5.20. The maximum absolute atomic E-state index is 9.87. The highest BCUT2D eigenvalue weighted by Crippen LogP contribution is 2.17. The summed E-state index contributed by atoms with van der Waals surface area (Å²) < 4.78 is 10.2. The molecule has 0 fully saturated rings. The standard InChI is InChI=1S/C18H22N4O3/c1-19-12-16(23)15-11-17(22-18(21-15)25-3)20-10-4-5-13-6-8-14(24-2)9-7-13/h6-9,11-12,23H,1,4-5,10H2,2-3H3,(H,20,21,22)/b16-12-. The van der Waals surface area contributed by atoms with E-state index in [0.29, 0.717) is 11.5 Å². The fourth-order valence-corrected chi connectivity index (χ4v) is 2.19. The molecule has 2 N–H and O–H groups in total. The van der Waals surface area contributed by atoms with Gasteiger partial charge in [-0.25, -0.2) is 0 Å². The van der Waals surface area contributed by atoms with Gasteiger partial charge in [0.1, 0.15) is 17.3 Å². The van der Waals surface area contributed by atoms with E-state index in [1.807, 2.05) is 12.1 Å². The maximum Gasteiger partial charge on any atom is 0.318 e. The Morgan fingerprint density at radius 2 is 2.00 bits per heavy atom. The van der Waals surface area contributed by atoms with E-state index >= 15 is 0 Å². The molecule has 7 heteroatoms. The van der Waals surface area contributed by atoms with Gasteiger partial charge in [-0.15, -0.1) is 0 Å².